The number of aliphatic imine (C=N–C) groups is 1. The van der Waals surface area contributed by atoms with Crippen molar-refractivity contribution < 1.29 is 0 Å². The van der Waals surface area contributed by atoms with E-state index in [1.807, 2.05) is 11.8 Å². The van der Waals surface area contributed by atoms with Crippen LogP contribution in [-0.2, 0) is 0 Å². The lowest BCUT2D eigenvalue weighted by molar-refractivity contribution is 0.371. The molecule has 20 heavy (non-hydrogen) atoms. The van der Waals surface area contributed by atoms with Crippen LogP contribution in [0.15, 0.2) is 15.3 Å². The summed E-state index contributed by atoms with van der Waals surface area (Å²) in [5, 5.41) is 7.10. The van der Waals surface area contributed by atoms with Gasteiger partial charge in [0.15, 0.2) is 0 Å². The summed E-state index contributed by atoms with van der Waals surface area (Å²) in [5.74, 6) is -0.111. The third-order valence-corrected chi connectivity index (χ3v) is 8.23. The molecule has 9 heteroatoms. The Morgan fingerprint density at radius 1 is 1.15 bits per heavy atom. The van der Waals surface area contributed by atoms with Gasteiger partial charge < -0.3 is 0 Å². The van der Waals surface area contributed by atoms with E-state index in [1.54, 1.807) is 0 Å². The van der Waals surface area contributed by atoms with Crippen molar-refractivity contribution in [2.45, 2.75) is 12.8 Å². The van der Waals surface area contributed by atoms with Crippen LogP contribution in [-0.4, -0.2) is 78.8 Å². The molecule has 0 unspecified atom stereocenters. The molecule has 0 aliphatic carbocycles. The summed E-state index contributed by atoms with van der Waals surface area (Å²) in [7, 11) is 4.26. The SMILES string of the molecule is C=N/C(N=O)=N\N(C)[P+]1(N2CCCC2)N(C)CCN1C. The van der Waals surface area contributed by atoms with Crippen LogP contribution in [0.5, 0.6) is 0 Å². The average Bonchev–Trinajstić information content (AvgIpc) is 3.05. The Morgan fingerprint density at radius 2 is 1.70 bits per heavy atom. The van der Waals surface area contributed by atoms with Crippen LogP contribution in [0.3, 0.4) is 0 Å². The van der Waals surface area contributed by atoms with E-state index >= 15 is 0 Å². The van der Waals surface area contributed by atoms with Crippen molar-refractivity contribution >= 4 is 20.5 Å². The summed E-state index contributed by atoms with van der Waals surface area (Å²) in [5.41, 5.74) is 0. The van der Waals surface area contributed by atoms with Crippen molar-refractivity contribution in [3.05, 3.63) is 4.91 Å². The smallest absolute Gasteiger partial charge is 0.224 e. The van der Waals surface area contributed by atoms with Crippen molar-refractivity contribution in [1.29, 1.82) is 0 Å². The molecule has 0 saturated carbocycles. The van der Waals surface area contributed by atoms with Crippen LogP contribution < -0.4 is 0 Å². The van der Waals surface area contributed by atoms with Crippen LogP contribution in [0.25, 0.3) is 0 Å². The zero-order chi connectivity index (χ0) is 14.8. The topological polar surface area (TPSA) is 67.1 Å². The molecule has 0 radical (unpaired) electrons. The summed E-state index contributed by atoms with van der Waals surface area (Å²) in [6.45, 7) is 7.45. The Balaban J connectivity index is 2.38. The quantitative estimate of drug-likeness (QED) is 0.258. The van der Waals surface area contributed by atoms with Gasteiger partial charge in [-0.25, -0.2) is 4.99 Å². The molecule has 2 saturated heterocycles. The Labute approximate surface area is 120 Å². The lowest BCUT2D eigenvalue weighted by atomic mass is 10.4. The highest BCUT2D eigenvalue weighted by atomic mass is 31.2. The van der Waals surface area contributed by atoms with E-state index in [2.05, 4.69) is 50.1 Å². The Hall–Kier alpha value is -0.950. The van der Waals surface area contributed by atoms with E-state index in [0.29, 0.717) is 0 Å². The van der Waals surface area contributed by atoms with Gasteiger partial charge in [-0.15, -0.1) is 23.7 Å². The summed E-state index contributed by atoms with van der Waals surface area (Å²) in [4.78, 5) is 14.3. The highest BCUT2D eigenvalue weighted by Crippen LogP contribution is 2.71. The molecule has 8 nitrogen and oxygen atoms in total. The van der Waals surface area contributed by atoms with Gasteiger partial charge in [-0.1, -0.05) is 5.10 Å². The standard InChI is InChI=1S/C11H23N7OP/c1-12-11(14-19)13-17(4)20(18-7-5-6-8-18)15(2)9-10-16(20)3/h1,5-10H2,2-4H3/q+1/b13-11+. The zero-order valence-corrected chi connectivity index (χ0v) is 13.3. The number of likely N-dealkylation sites (N-methyl/N-ethyl adjacent to an activating group) is 2. The predicted molar refractivity (Wildman–Crippen MR) is 83.5 cm³/mol. The van der Waals surface area contributed by atoms with Crippen molar-refractivity contribution in [2.75, 3.05) is 47.3 Å². The third-order valence-electron chi connectivity index (χ3n) is 3.97. The minimum atomic E-state index is -1.89. The van der Waals surface area contributed by atoms with Crippen LogP contribution in [0.1, 0.15) is 12.8 Å². The second kappa shape index (κ2) is 6.22. The summed E-state index contributed by atoms with van der Waals surface area (Å²) >= 11 is 0. The maximum absolute atomic E-state index is 10.7. The van der Waals surface area contributed by atoms with Crippen LogP contribution >= 0.6 is 7.87 Å². The number of nitroso groups, excluding NO2 is 1. The van der Waals surface area contributed by atoms with Gasteiger partial charge in [-0.3, -0.25) is 0 Å². The van der Waals surface area contributed by atoms with Crippen LogP contribution in [0.2, 0.25) is 0 Å². The largest absolute Gasteiger partial charge is 0.348 e. The molecular weight excluding hydrogens is 277 g/mol. The van der Waals surface area contributed by atoms with Gasteiger partial charge in [0.1, 0.15) is 0 Å². The Kier molecular flexibility index (Phi) is 4.80. The molecule has 2 aliphatic heterocycles. The van der Waals surface area contributed by atoms with Crippen molar-refractivity contribution in [3.63, 3.8) is 0 Å². The Bertz CT molecular complexity index is 390. The minimum absolute atomic E-state index is 0.111. The zero-order valence-electron chi connectivity index (χ0n) is 12.4. The van der Waals surface area contributed by atoms with E-state index in [9.17, 15) is 4.91 Å². The lowest BCUT2D eigenvalue weighted by Crippen LogP contribution is -2.41. The van der Waals surface area contributed by atoms with Crippen molar-refractivity contribution in [3.8, 4) is 0 Å². The first kappa shape index (κ1) is 15.4. The molecule has 0 aromatic carbocycles. The fraction of sp³-hybridized carbons (Fsp3) is 0.818. The molecule has 0 bridgehead atoms. The molecule has 0 aromatic rings. The van der Waals surface area contributed by atoms with Crippen molar-refractivity contribution in [1.82, 2.24) is 18.8 Å². The molecule has 112 valence electrons. The summed E-state index contributed by atoms with van der Waals surface area (Å²) in [6, 6.07) is 0. The molecular formula is C11H23N7OP+. The average molecular weight is 300 g/mol. The molecule has 2 fully saturated rings. The Morgan fingerprint density at radius 3 is 2.15 bits per heavy atom. The highest BCUT2D eigenvalue weighted by Gasteiger charge is 2.62. The second-order valence-electron chi connectivity index (χ2n) is 5.10. The number of hydrazone groups is 1. The normalized spacial score (nSPS) is 25.1. The van der Waals surface area contributed by atoms with Gasteiger partial charge in [0.05, 0.1) is 20.1 Å². The third kappa shape index (κ3) is 2.37. The van der Waals surface area contributed by atoms with Gasteiger partial charge in [0, 0.05) is 32.4 Å². The molecule has 0 amide bonds. The first-order valence-corrected chi connectivity index (χ1v) is 8.38. The molecule has 0 atom stereocenters. The second-order valence-corrected chi connectivity index (χ2v) is 8.68. The molecule has 2 aliphatic rings. The van der Waals surface area contributed by atoms with E-state index < -0.39 is 7.87 Å². The van der Waals surface area contributed by atoms with E-state index in [1.165, 1.54) is 12.8 Å². The molecule has 0 N–H and O–H groups in total. The van der Waals surface area contributed by atoms with E-state index in [4.69, 9.17) is 0 Å². The van der Waals surface area contributed by atoms with Gasteiger partial charge >= 0.3 is 13.8 Å². The monoisotopic (exact) mass is 300 g/mol. The number of guanidine groups is 1. The van der Waals surface area contributed by atoms with Gasteiger partial charge in [0.25, 0.3) is 0 Å². The fourth-order valence-electron chi connectivity index (χ4n) is 3.11. The number of hydrogen-bond donors (Lipinski definition) is 0. The summed E-state index contributed by atoms with van der Waals surface area (Å²) in [6.07, 6.45) is 2.42. The van der Waals surface area contributed by atoms with E-state index in [-0.39, 0.29) is 5.96 Å². The number of nitrogens with zero attached hydrogens (tertiary/aromatic N) is 7. The lowest BCUT2D eigenvalue weighted by Gasteiger charge is -2.40. The maximum Gasteiger partial charge on any atom is 0.348 e. The van der Waals surface area contributed by atoms with Crippen LogP contribution in [0, 0.1) is 4.91 Å². The van der Waals surface area contributed by atoms with Crippen molar-refractivity contribution in [2.24, 2.45) is 15.3 Å². The van der Waals surface area contributed by atoms with E-state index in [0.717, 1.165) is 26.2 Å². The minimum Gasteiger partial charge on any atom is -0.224 e. The predicted octanol–water partition coefficient (Wildman–Crippen LogP) is 1.31. The molecule has 2 heterocycles. The van der Waals surface area contributed by atoms with Gasteiger partial charge in [-0.2, -0.15) is 0 Å². The molecule has 0 aromatic heterocycles. The van der Waals surface area contributed by atoms with Gasteiger partial charge in [0.2, 0.25) is 0 Å². The molecule has 2 rings (SSSR count). The first-order valence-electron chi connectivity index (χ1n) is 6.78. The van der Waals surface area contributed by atoms with Gasteiger partial charge in [-0.05, 0) is 19.6 Å². The fourth-order valence-corrected chi connectivity index (χ4v) is 7.48. The highest BCUT2D eigenvalue weighted by molar-refractivity contribution is 7.66. The first-order chi connectivity index (χ1) is 9.57. The van der Waals surface area contributed by atoms with Crippen LogP contribution in [0.4, 0.5) is 0 Å². The molecule has 0 spiro atoms. The summed E-state index contributed by atoms with van der Waals surface area (Å²) < 4.78 is 9.09. The number of rotatable bonds is 3. The number of hydrogen-bond acceptors (Lipinski definition) is 6. The maximum atomic E-state index is 10.7.